The quantitative estimate of drug-likeness (QED) is 0.865. The van der Waals surface area contributed by atoms with E-state index < -0.39 is 25.4 Å². The number of halogens is 2. The van der Waals surface area contributed by atoms with Crippen LogP contribution in [0.4, 0.5) is 4.39 Å². The molecule has 1 N–H and O–H groups in total. The number of sulfone groups is 1. The number of aliphatic hydroxyl groups is 1. The second kappa shape index (κ2) is 5.04. The number of aliphatic hydroxyl groups excluding tert-OH is 1. The van der Waals surface area contributed by atoms with Crippen LogP contribution in [0.5, 0.6) is 0 Å². The minimum absolute atomic E-state index is 0.199. The van der Waals surface area contributed by atoms with Crippen molar-refractivity contribution >= 4 is 25.8 Å². The second-order valence-corrected chi connectivity index (χ2v) is 8.08. The molecule has 0 aliphatic carbocycles. The van der Waals surface area contributed by atoms with Crippen molar-refractivity contribution in [2.75, 3.05) is 6.26 Å². The zero-order chi connectivity index (χ0) is 13.3. The Hall–Kier alpha value is -0.460. The van der Waals surface area contributed by atoms with Gasteiger partial charge in [0.15, 0.2) is 13.5 Å². The molecule has 0 aliphatic rings. The van der Waals surface area contributed by atoms with Crippen LogP contribution in [0.2, 0.25) is 0 Å². The van der Waals surface area contributed by atoms with Gasteiger partial charge in [0, 0.05) is 6.26 Å². The summed E-state index contributed by atoms with van der Waals surface area (Å²) in [6.45, 7) is 1.66. The molecule has 0 amide bonds. The van der Waals surface area contributed by atoms with Crippen molar-refractivity contribution in [1.82, 2.24) is 0 Å². The van der Waals surface area contributed by atoms with E-state index in [0.29, 0.717) is 5.56 Å². The van der Waals surface area contributed by atoms with Crippen molar-refractivity contribution in [3.05, 3.63) is 35.6 Å². The van der Waals surface area contributed by atoms with Gasteiger partial charge < -0.3 is 5.11 Å². The maximum atomic E-state index is 12.8. The highest BCUT2D eigenvalue weighted by atomic mass is 79.9. The topological polar surface area (TPSA) is 54.4 Å². The van der Waals surface area contributed by atoms with E-state index in [-0.39, 0.29) is 6.42 Å². The summed E-state index contributed by atoms with van der Waals surface area (Å²) in [6.07, 6.45) is 0.00522. The summed E-state index contributed by atoms with van der Waals surface area (Å²) in [5.41, 5.74) is 0.357. The summed E-state index contributed by atoms with van der Waals surface area (Å²) in [5.74, 6) is -0.433. The predicted molar refractivity (Wildman–Crippen MR) is 68.2 cm³/mol. The van der Waals surface area contributed by atoms with Gasteiger partial charge in [-0.25, -0.2) is 12.8 Å². The van der Waals surface area contributed by atoms with Gasteiger partial charge >= 0.3 is 0 Å². The van der Waals surface area contributed by atoms with Gasteiger partial charge in [0.2, 0.25) is 0 Å². The van der Waals surface area contributed by atoms with Crippen LogP contribution in [-0.2, 0) is 9.84 Å². The SMILES string of the molecule is CC[C@](Br)([C@@H](O)c1ccc(F)cc1)S(C)(=O)=O. The van der Waals surface area contributed by atoms with Gasteiger partial charge in [-0.3, -0.25) is 0 Å². The molecule has 0 aromatic heterocycles. The first-order valence-electron chi connectivity index (χ1n) is 5.04. The number of hydrogen-bond acceptors (Lipinski definition) is 3. The van der Waals surface area contributed by atoms with Crippen LogP contribution in [0.3, 0.4) is 0 Å². The van der Waals surface area contributed by atoms with Gasteiger partial charge in [0.25, 0.3) is 0 Å². The molecule has 0 bridgehead atoms. The summed E-state index contributed by atoms with van der Waals surface area (Å²) < 4.78 is 34.7. The summed E-state index contributed by atoms with van der Waals surface area (Å²) in [4.78, 5) is 0. The van der Waals surface area contributed by atoms with Gasteiger partial charge in [-0.2, -0.15) is 0 Å². The smallest absolute Gasteiger partial charge is 0.166 e. The lowest BCUT2D eigenvalue weighted by molar-refractivity contribution is 0.160. The molecule has 1 rings (SSSR count). The highest BCUT2D eigenvalue weighted by Crippen LogP contribution is 2.41. The Morgan fingerprint density at radius 1 is 1.41 bits per heavy atom. The van der Waals surface area contributed by atoms with Gasteiger partial charge in [0.05, 0.1) is 0 Å². The van der Waals surface area contributed by atoms with Crippen LogP contribution < -0.4 is 0 Å². The minimum atomic E-state index is -3.50. The summed E-state index contributed by atoms with van der Waals surface area (Å²) in [7, 11) is -3.50. The van der Waals surface area contributed by atoms with Crippen LogP contribution in [-0.4, -0.2) is 23.4 Å². The van der Waals surface area contributed by atoms with E-state index in [4.69, 9.17) is 0 Å². The Morgan fingerprint density at radius 3 is 2.24 bits per heavy atom. The molecule has 96 valence electrons. The van der Waals surface area contributed by atoms with Crippen LogP contribution >= 0.6 is 15.9 Å². The summed E-state index contributed by atoms with van der Waals surface area (Å²) >= 11 is 3.09. The highest BCUT2D eigenvalue weighted by Gasteiger charge is 2.44. The Morgan fingerprint density at radius 2 is 1.88 bits per heavy atom. The first kappa shape index (κ1) is 14.6. The molecule has 2 atom stereocenters. The average Bonchev–Trinajstić information content (AvgIpc) is 2.26. The van der Waals surface area contributed by atoms with E-state index in [1.54, 1.807) is 6.92 Å². The molecule has 0 aliphatic heterocycles. The average molecular weight is 325 g/mol. The molecule has 0 spiro atoms. The predicted octanol–water partition coefficient (Wildman–Crippen LogP) is 2.40. The van der Waals surface area contributed by atoms with Crippen molar-refractivity contribution in [3.8, 4) is 0 Å². The van der Waals surface area contributed by atoms with Crippen molar-refractivity contribution in [1.29, 1.82) is 0 Å². The summed E-state index contributed by atoms with van der Waals surface area (Å²) in [5, 5.41) is 10.1. The van der Waals surface area contributed by atoms with Gasteiger partial charge in [-0.1, -0.05) is 35.0 Å². The van der Waals surface area contributed by atoms with Crippen molar-refractivity contribution in [2.24, 2.45) is 0 Å². The van der Waals surface area contributed by atoms with Crippen molar-refractivity contribution in [2.45, 2.75) is 23.1 Å². The maximum absolute atomic E-state index is 12.8. The Kier molecular flexibility index (Phi) is 4.33. The fourth-order valence-electron chi connectivity index (χ4n) is 1.55. The molecule has 17 heavy (non-hydrogen) atoms. The molecule has 0 saturated heterocycles. The van der Waals surface area contributed by atoms with E-state index in [2.05, 4.69) is 15.9 Å². The lowest BCUT2D eigenvalue weighted by Crippen LogP contribution is -2.37. The van der Waals surface area contributed by atoms with Crippen molar-refractivity contribution < 1.29 is 17.9 Å². The molecule has 0 fully saturated rings. The van der Waals surface area contributed by atoms with E-state index >= 15 is 0 Å². The molecular formula is C11H14BrFO3S. The third-order valence-corrected chi connectivity index (χ3v) is 7.20. The third kappa shape index (κ3) is 2.86. The third-order valence-electron chi connectivity index (χ3n) is 2.69. The molecule has 6 heteroatoms. The van der Waals surface area contributed by atoms with Gasteiger partial charge in [-0.05, 0) is 24.1 Å². The molecule has 3 nitrogen and oxygen atoms in total. The van der Waals surface area contributed by atoms with Crippen LogP contribution in [0.25, 0.3) is 0 Å². The van der Waals surface area contributed by atoms with E-state index in [0.717, 1.165) is 6.26 Å². The van der Waals surface area contributed by atoms with E-state index in [1.165, 1.54) is 24.3 Å². The second-order valence-electron chi connectivity index (χ2n) is 3.87. The first-order valence-corrected chi connectivity index (χ1v) is 7.73. The zero-order valence-corrected chi connectivity index (χ0v) is 11.9. The molecule has 1 aromatic carbocycles. The minimum Gasteiger partial charge on any atom is -0.386 e. The fourth-order valence-corrected chi connectivity index (χ4v) is 2.88. The van der Waals surface area contributed by atoms with Gasteiger partial charge in [-0.15, -0.1) is 0 Å². The highest BCUT2D eigenvalue weighted by molar-refractivity contribution is 9.11. The molecule has 0 radical (unpaired) electrons. The molecule has 0 unspecified atom stereocenters. The number of rotatable bonds is 4. The summed E-state index contributed by atoms with van der Waals surface area (Å²) in [6, 6.07) is 5.11. The zero-order valence-electron chi connectivity index (χ0n) is 9.52. The normalized spacial score (nSPS) is 17.5. The van der Waals surface area contributed by atoms with Crippen LogP contribution in [0.1, 0.15) is 25.0 Å². The lowest BCUT2D eigenvalue weighted by Gasteiger charge is -2.29. The molecule has 1 aromatic rings. The number of benzene rings is 1. The van der Waals surface area contributed by atoms with Crippen LogP contribution in [0, 0.1) is 5.82 Å². The molecule has 0 saturated carbocycles. The first-order chi connectivity index (χ1) is 7.72. The standard InChI is InChI=1S/C11H14BrFO3S/c1-3-11(12,17(2,15)16)10(14)8-4-6-9(13)7-5-8/h4-7,10,14H,3H2,1-2H3/t10-,11+/m0/s1. The fraction of sp³-hybridized carbons (Fsp3) is 0.455. The Bertz CT molecular complexity index is 486. The largest absolute Gasteiger partial charge is 0.386 e. The maximum Gasteiger partial charge on any atom is 0.166 e. The Labute approximate surface area is 109 Å². The van der Waals surface area contributed by atoms with E-state index in [9.17, 15) is 17.9 Å². The van der Waals surface area contributed by atoms with E-state index in [1.807, 2.05) is 0 Å². The van der Waals surface area contributed by atoms with Gasteiger partial charge in [0.1, 0.15) is 11.9 Å². The lowest BCUT2D eigenvalue weighted by atomic mass is 10.0. The van der Waals surface area contributed by atoms with Crippen LogP contribution in [0.15, 0.2) is 24.3 Å². The molecule has 0 heterocycles. The Balaban J connectivity index is 3.19. The van der Waals surface area contributed by atoms with Crippen molar-refractivity contribution in [3.63, 3.8) is 0 Å². The molecular weight excluding hydrogens is 311 g/mol. The monoisotopic (exact) mass is 324 g/mol. The number of alkyl halides is 1. The number of hydrogen-bond donors (Lipinski definition) is 1.